The molecule has 1 fully saturated rings. The summed E-state index contributed by atoms with van der Waals surface area (Å²) in [5.41, 5.74) is 0.805. The van der Waals surface area contributed by atoms with Crippen LogP contribution < -0.4 is 4.90 Å². The van der Waals surface area contributed by atoms with Crippen LogP contribution in [0.3, 0.4) is 0 Å². The number of rotatable bonds is 3. The molecule has 2 rings (SSSR count). The molecule has 5 nitrogen and oxygen atoms in total. The molecule has 1 aromatic rings. The smallest absolute Gasteiger partial charge is 0.311 e. The van der Waals surface area contributed by atoms with Gasteiger partial charge >= 0.3 is 5.97 Å². The van der Waals surface area contributed by atoms with Crippen LogP contribution in [0.4, 0.5) is 5.13 Å². The Morgan fingerprint density at radius 2 is 2.28 bits per heavy atom. The lowest BCUT2D eigenvalue weighted by Crippen LogP contribution is -2.28. The predicted octanol–water partition coefficient (Wildman–Crippen LogP) is 1.00. The molecule has 1 aromatic heterocycles. The van der Waals surface area contributed by atoms with E-state index in [1.54, 1.807) is 11.3 Å². The van der Waals surface area contributed by atoms with Crippen LogP contribution in [0.5, 0.6) is 0 Å². The fourth-order valence-corrected chi connectivity index (χ4v) is 2.86. The van der Waals surface area contributed by atoms with Crippen molar-refractivity contribution in [1.29, 1.82) is 0 Å². The van der Waals surface area contributed by atoms with Gasteiger partial charge in [0, 0.05) is 25.0 Å². The van der Waals surface area contributed by atoms with Crippen molar-refractivity contribution in [2.24, 2.45) is 0 Å². The highest BCUT2D eigenvalue weighted by Crippen LogP contribution is 2.22. The summed E-state index contributed by atoms with van der Waals surface area (Å²) in [6.07, 6.45) is 1.42. The third-order valence-electron chi connectivity index (χ3n) is 3.08. The van der Waals surface area contributed by atoms with Gasteiger partial charge < -0.3 is 14.5 Å². The number of carbonyl (C=O) groups excluding carboxylic acids is 1. The Kier molecular flexibility index (Phi) is 4.54. The maximum atomic E-state index is 11.2. The molecule has 0 unspecified atom stereocenters. The van der Waals surface area contributed by atoms with Crippen molar-refractivity contribution in [1.82, 2.24) is 9.88 Å². The number of methoxy groups -OCH3 is 1. The Bertz CT molecular complexity index is 408. The molecule has 6 heteroatoms. The highest BCUT2D eigenvalue weighted by Gasteiger charge is 2.16. The molecule has 0 atom stereocenters. The molecule has 0 amide bonds. The first-order chi connectivity index (χ1) is 8.69. The van der Waals surface area contributed by atoms with Crippen LogP contribution in [0.15, 0.2) is 5.38 Å². The number of ether oxygens (including phenoxy) is 1. The molecule has 100 valence electrons. The zero-order valence-electron chi connectivity index (χ0n) is 10.9. The highest BCUT2D eigenvalue weighted by molar-refractivity contribution is 7.13. The van der Waals surface area contributed by atoms with Crippen LogP contribution >= 0.6 is 11.3 Å². The standard InChI is InChI=1S/C12H19N3O2S/c1-14-4-3-5-15(7-6-14)12-13-10(9-18-12)8-11(16)17-2/h9H,3-8H2,1-2H3. The van der Waals surface area contributed by atoms with Gasteiger partial charge in [0.1, 0.15) is 0 Å². The Labute approximate surface area is 111 Å². The van der Waals surface area contributed by atoms with Crippen molar-refractivity contribution < 1.29 is 9.53 Å². The van der Waals surface area contributed by atoms with Gasteiger partial charge in [0.2, 0.25) is 0 Å². The van der Waals surface area contributed by atoms with Crippen molar-refractivity contribution in [2.75, 3.05) is 45.2 Å². The van der Waals surface area contributed by atoms with Gasteiger partial charge in [0.05, 0.1) is 19.2 Å². The Morgan fingerprint density at radius 3 is 3.06 bits per heavy atom. The molecule has 0 aromatic carbocycles. The Hall–Kier alpha value is -1.14. The summed E-state index contributed by atoms with van der Waals surface area (Å²) in [4.78, 5) is 20.3. The van der Waals surface area contributed by atoms with Crippen molar-refractivity contribution in [3.8, 4) is 0 Å². The minimum atomic E-state index is -0.234. The third-order valence-corrected chi connectivity index (χ3v) is 4.03. The van der Waals surface area contributed by atoms with E-state index in [1.165, 1.54) is 7.11 Å². The number of anilines is 1. The fraction of sp³-hybridized carbons (Fsp3) is 0.667. The van der Waals surface area contributed by atoms with Crippen LogP contribution in [0.25, 0.3) is 0 Å². The van der Waals surface area contributed by atoms with E-state index in [9.17, 15) is 4.79 Å². The highest BCUT2D eigenvalue weighted by atomic mass is 32.1. The van der Waals surface area contributed by atoms with Crippen molar-refractivity contribution >= 4 is 22.4 Å². The Balaban J connectivity index is 1.98. The fourth-order valence-electron chi connectivity index (χ4n) is 1.98. The molecule has 18 heavy (non-hydrogen) atoms. The molecular weight excluding hydrogens is 250 g/mol. The molecule has 0 saturated carbocycles. The largest absolute Gasteiger partial charge is 0.469 e. The summed E-state index contributed by atoms with van der Waals surface area (Å²) >= 11 is 1.61. The van der Waals surface area contributed by atoms with E-state index in [4.69, 9.17) is 0 Å². The average Bonchev–Trinajstić information content (AvgIpc) is 2.71. The number of hydrogen-bond acceptors (Lipinski definition) is 6. The van der Waals surface area contributed by atoms with Crippen molar-refractivity contribution in [3.05, 3.63) is 11.1 Å². The molecule has 0 spiro atoms. The second-order valence-electron chi connectivity index (χ2n) is 4.52. The summed E-state index contributed by atoms with van der Waals surface area (Å²) in [6, 6.07) is 0. The summed E-state index contributed by atoms with van der Waals surface area (Å²) < 4.78 is 4.65. The van der Waals surface area contributed by atoms with E-state index >= 15 is 0 Å². The van der Waals surface area contributed by atoms with E-state index < -0.39 is 0 Å². The van der Waals surface area contributed by atoms with Gasteiger partial charge in [0.25, 0.3) is 0 Å². The van der Waals surface area contributed by atoms with Gasteiger partial charge in [-0.2, -0.15) is 0 Å². The zero-order valence-corrected chi connectivity index (χ0v) is 11.7. The van der Waals surface area contributed by atoms with Gasteiger partial charge in [-0.05, 0) is 20.0 Å². The zero-order chi connectivity index (χ0) is 13.0. The van der Waals surface area contributed by atoms with E-state index in [0.717, 1.165) is 43.4 Å². The molecule has 1 aliphatic heterocycles. The molecule has 0 aliphatic carbocycles. The molecule has 1 saturated heterocycles. The number of aromatic nitrogens is 1. The van der Waals surface area contributed by atoms with Gasteiger partial charge in [-0.15, -0.1) is 11.3 Å². The lowest BCUT2D eigenvalue weighted by atomic mass is 10.3. The van der Waals surface area contributed by atoms with Crippen LogP contribution in [0.2, 0.25) is 0 Å². The molecule has 1 aliphatic rings. The lowest BCUT2D eigenvalue weighted by Gasteiger charge is -2.19. The predicted molar refractivity (Wildman–Crippen MR) is 72.2 cm³/mol. The van der Waals surface area contributed by atoms with E-state index in [1.807, 2.05) is 5.38 Å². The summed E-state index contributed by atoms with van der Waals surface area (Å²) in [6.45, 7) is 4.24. The first-order valence-electron chi connectivity index (χ1n) is 6.14. The summed E-state index contributed by atoms with van der Waals surface area (Å²) in [7, 11) is 3.55. The molecular formula is C12H19N3O2S. The second-order valence-corrected chi connectivity index (χ2v) is 5.35. The topological polar surface area (TPSA) is 45.7 Å². The minimum Gasteiger partial charge on any atom is -0.469 e. The summed E-state index contributed by atoms with van der Waals surface area (Å²) in [5.74, 6) is -0.234. The second kappa shape index (κ2) is 6.15. The number of likely N-dealkylation sites (N-methyl/N-ethyl adjacent to an activating group) is 1. The van der Waals surface area contributed by atoms with Crippen LogP contribution in [-0.4, -0.2) is 56.2 Å². The number of carbonyl (C=O) groups is 1. The van der Waals surface area contributed by atoms with E-state index in [2.05, 4.69) is 26.6 Å². The van der Waals surface area contributed by atoms with Gasteiger partial charge in [-0.1, -0.05) is 0 Å². The molecule has 0 radical (unpaired) electrons. The monoisotopic (exact) mass is 269 g/mol. The number of thiazole rings is 1. The minimum absolute atomic E-state index is 0.234. The molecule has 2 heterocycles. The van der Waals surface area contributed by atoms with Crippen LogP contribution in [-0.2, 0) is 16.0 Å². The van der Waals surface area contributed by atoms with Crippen LogP contribution in [0, 0.1) is 0 Å². The maximum Gasteiger partial charge on any atom is 0.311 e. The van der Waals surface area contributed by atoms with Gasteiger partial charge in [-0.3, -0.25) is 4.79 Å². The van der Waals surface area contributed by atoms with Crippen LogP contribution in [0.1, 0.15) is 12.1 Å². The molecule has 0 bridgehead atoms. The van der Waals surface area contributed by atoms with E-state index in [0.29, 0.717) is 0 Å². The van der Waals surface area contributed by atoms with Gasteiger partial charge in [-0.25, -0.2) is 4.98 Å². The van der Waals surface area contributed by atoms with E-state index in [-0.39, 0.29) is 12.4 Å². The molecule has 0 N–H and O–H groups in total. The number of nitrogens with zero attached hydrogens (tertiary/aromatic N) is 3. The van der Waals surface area contributed by atoms with Crippen molar-refractivity contribution in [3.63, 3.8) is 0 Å². The third kappa shape index (κ3) is 3.43. The van der Waals surface area contributed by atoms with Gasteiger partial charge in [0.15, 0.2) is 5.13 Å². The first-order valence-corrected chi connectivity index (χ1v) is 7.01. The SMILES string of the molecule is COC(=O)Cc1csc(N2CCCN(C)CC2)n1. The number of hydrogen-bond donors (Lipinski definition) is 0. The quantitative estimate of drug-likeness (QED) is 0.766. The Morgan fingerprint density at radius 1 is 1.44 bits per heavy atom. The number of esters is 1. The normalized spacial score (nSPS) is 17.6. The summed E-state index contributed by atoms with van der Waals surface area (Å²) in [5, 5.41) is 2.96. The lowest BCUT2D eigenvalue weighted by molar-refractivity contribution is -0.139. The van der Waals surface area contributed by atoms with Crippen molar-refractivity contribution in [2.45, 2.75) is 12.8 Å². The average molecular weight is 269 g/mol. The maximum absolute atomic E-state index is 11.2. The first kappa shape index (κ1) is 13.3.